The molecular weight excluding hydrogens is 176 g/mol. The van der Waals surface area contributed by atoms with Crippen LogP contribution in [-0.2, 0) is 12.8 Å². The topological polar surface area (TPSA) is 18.5 Å². The lowest BCUT2D eigenvalue weighted by molar-refractivity contribution is 0.390. The molecule has 2 rings (SSSR count). The monoisotopic (exact) mass is 190 g/mol. The lowest BCUT2D eigenvalue weighted by Gasteiger charge is -2.16. The zero-order valence-electron chi connectivity index (χ0n) is 8.54. The minimum Gasteiger partial charge on any atom is -0.497 e. The van der Waals surface area contributed by atoms with Gasteiger partial charge in [0.1, 0.15) is 11.5 Å². The molecular formula is C12H14O2. The van der Waals surface area contributed by atoms with Crippen molar-refractivity contribution in [2.45, 2.75) is 12.8 Å². The summed E-state index contributed by atoms with van der Waals surface area (Å²) in [6.45, 7) is 0. The molecule has 1 aromatic rings. The molecule has 1 aromatic carbocycles. The largest absolute Gasteiger partial charge is 0.497 e. The summed E-state index contributed by atoms with van der Waals surface area (Å²) in [7, 11) is 3.38. The van der Waals surface area contributed by atoms with Gasteiger partial charge < -0.3 is 9.47 Å². The first-order valence-corrected chi connectivity index (χ1v) is 4.74. The van der Waals surface area contributed by atoms with Crippen LogP contribution in [0.4, 0.5) is 0 Å². The zero-order chi connectivity index (χ0) is 9.97. The number of hydrogen-bond donors (Lipinski definition) is 0. The Hall–Kier alpha value is -1.44. The van der Waals surface area contributed by atoms with Crippen LogP contribution in [0.15, 0.2) is 24.3 Å². The number of hydrogen-bond acceptors (Lipinski definition) is 2. The Morgan fingerprint density at radius 3 is 2.50 bits per heavy atom. The standard InChI is InChI=1S/C12H14O2/c1-13-10-7-9-5-3-4-6-11(9)12(8-10)14-2/h3-4,7-8H,5-6H2,1-2H3. The Balaban J connectivity index is 2.50. The third-order valence-electron chi connectivity index (χ3n) is 2.56. The van der Waals surface area contributed by atoms with Gasteiger partial charge in [-0.25, -0.2) is 0 Å². The maximum absolute atomic E-state index is 5.34. The fraction of sp³-hybridized carbons (Fsp3) is 0.333. The molecule has 0 atom stereocenters. The minimum atomic E-state index is 0.871. The van der Waals surface area contributed by atoms with Crippen LogP contribution in [0.5, 0.6) is 11.5 Å². The first-order valence-electron chi connectivity index (χ1n) is 4.74. The van der Waals surface area contributed by atoms with Gasteiger partial charge in [-0.1, -0.05) is 12.2 Å². The van der Waals surface area contributed by atoms with E-state index in [1.54, 1.807) is 14.2 Å². The number of allylic oxidation sites excluding steroid dienone is 2. The molecule has 0 unspecified atom stereocenters. The molecule has 0 fully saturated rings. The highest BCUT2D eigenvalue weighted by Gasteiger charge is 2.12. The summed E-state index contributed by atoms with van der Waals surface area (Å²) >= 11 is 0. The molecule has 14 heavy (non-hydrogen) atoms. The van der Waals surface area contributed by atoms with E-state index >= 15 is 0 Å². The van der Waals surface area contributed by atoms with Gasteiger partial charge in [0.25, 0.3) is 0 Å². The van der Waals surface area contributed by atoms with Crippen molar-refractivity contribution in [2.24, 2.45) is 0 Å². The molecule has 2 heteroatoms. The molecule has 0 spiro atoms. The van der Waals surface area contributed by atoms with Crippen LogP contribution in [0.3, 0.4) is 0 Å². The van der Waals surface area contributed by atoms with Crippen molar-refractivity contribution in [3.8, 4) is 11.5 Å². The Labute approximate surface area is 84.2 Å². The molecule has 0 bridgehead atoms. The second-order valence-corrected chi connectivity index (χ2v) is 3.35. The Morgan fingerprint density at radius 2 is 1.79 bits per heavy atom. The van der Waals surface area contributed by atoms with Crippen molar-refractivity contribution in [3.05, 3.63) is 35.4 Å². The normalized spacial score (nSPS) is 13.6. The van der Waals surface area contributed by atoms with E-state index in [0.717, 1.165) is 24.3 Å². The van der Waals surface area contributed by atoms with E-state index in [9.17, 15) is 0 Å². The molecule has 0 aromatic heterocycles. The summed E-state index contributed by atoms with van der Waals surface area (Å²) in [5.74, 6) is 1.81. The molecule has 0 amide bonds. The van der Waals surface area contributed by atoms with Crippen LogP contribution in [0.1, 0.15) is 11.1 Å². The average Bonchev–Trinajstić information content (AvgIpc) is 2.27. The van der Waals surface area contributed by atoms with Gasteiger partial charge in [0.15, 0.2) is 0 Å². The average molecular weight is 190 g/mol. The molecule has 0 heterocycles. The molecule has 2 nitrogen and oxygen atoms in total. The van der Waals surface area contributed by atoms with Gasteiger partial charge in [0.2, 0.25) is 0 Å². The van der Waals surface area contributed by atoms with Crippen molar-refractivity contribution >= 4 is 0 Å². The molecule has 0 N–H and O–H groups in total. The molecule has 0 radical (unpaired) electrons. The van der Waals surface area contributed by atoms with E-state index in [0.29, 0.717) is 0 Å². The minimum absolute atomic E-state index is 0.871. The first kappa shape index (κ1) is 9.13. The van der Waals surface area contributed by atoms with Gasteiger partial charge in [-0.05, 0) is 24.5 Å². The lowest BCUT2D eigenvalue weighted by Crippen LogP contribution is -2.01. The Bertz CT molecular complexity index is 367. The van der Waals surface area contributed by atoms with Gasteiger partial charge in [-0.3, -0.25) is 0 Å². The zero-order valence-corrected chi connectivity index (χ0v) is 8.54. The SMILES string of the molecule is COc1cc2c(c(OC)c1)CC=CC2. The number of methoxy groups -OCH3 is 2. The van der Waals surface area contributed by atoms with Crippen molar-refractivity contribution in [2.75, 3.05) is 14.2 Å². The summed E-state index contributed by atoms with van der Waals surface area (Å²) in [6, 6.07) is 4.03. The van der Waals surface area contributed by atoms with Crippen LogP contribution in [0, 0.1) is 0 Å². The molecule has 1 aliphatic carbocycles. The van der Waals surface area contributed by atoms with Crippen molar-refractivity contribution < 1.29 is 9.47 Å². The molecule has 74 valence electrons. The van der Waals surface area contributed by atoms with E-state index in [1.807, 2.05) is 6.07 Å². The molecule has 0 saturated carbocycles. The maximum atomic E-state index is 5.34. The first-order chi connectivity index (χ1) is 6.85. The van der Waals surface area contributed by atoms with E-state index in [1.165, 1.54) is 11.1 Å². The Morgan fingerprint density at radius 1 is 1.00 bits per heavy atom. The van der Waals surface area contributed by atoms with Gasteiger partial charge in [0, 0.05) is 11.6 Å². The molecule has 0 aliphatic heterocycles. The number of benzene rings is 1. The fourth-order valence-electron chi connectivity index (χ4n) is 1.80. The third-order valence-corrected chi connectivity index (χ3v) is 2.56. The summed E-state index contributed by atoms with van der Waals surface area (Å²) in [4.78, 5) is 0. The third kappa shape index (κ3) is 1.48. The second kappa shape index (κ2) is 3.74. The predicted octanol–water partition coefficient (Wildman–Crippen LogP) is 2.36. The van der Waals surface area contributed by atoms with Crippen molar-refractivity contribution in [1.29, 1.82) is 0 Å². The van der Waals surface area contributed by atoms with Gasteiger partial charge in [-0.15, -0.1) is 0 Å². The van der Waals surface area contributed by atoms with Gasteiger partial charge in [0.05, 0.1) is 14.2 Å². The quantitative estimate of drug-likeness (QED) is 0.666. The van der Waals surface area contributed by atoms with Crippen LogP contribution in [0.25, 0.3) is 0 Å². The van der Waals surface area contributed by atoms with Crippen LogP contribution in [-0.4, -0.2) is 14.2 Å². The van der Waals surface area contributed by atoms with E-state index < -0.39 is 0 Å². The number of rotatable bonds is 2. The van der Waals surface area contributed by atoms with Crippen molar-refractivity contribution in [3.63, 3.8) is 0 Å². The number of fused-ring (bicyclic) bond motifs is 1. The van der Waals surface area contributed by atoms with E-state index in [-0.39, 0.29) is 0 Å². The highest BCUT2D eigenvalue weighted by molar-refractivity contribution is 5.49. The molecule has 1 aliphatic rings. The summed E-state index contributed by atoms with van der Waals surface area (Å²) in [5, 5.41) is 0. The van der Waals surface area contributed by atoms with E-state index in [2.05, 4.69) is 18.2 Å². The van der Waals surface area contributed by atoms with E-state index in [4.69, 9.17) is 9.47 Å². The maximum Gasteiger partial charge on any atom is 0.126 e. The van der Waals surface area contributed by atoms with Gasteiger partial charge >= 0.3 is 0 Å². The second-order valence-electron chi connectivity index (χ2n) is 3.35. The Kier molecular flexibility index (Phi) is 2.44. The highest BCUT2D eigenvalue weighted by atomic mass is 16.5. The summed E-state index contributed by atoms with van der Waals surface area (Å²) in [6.07, 6.45) is 6.30. The highest BCUT2D eigenvalue weighted by Crippen LogP contribution is 2.31. The van der Waals surface area contributed by atoms with Crippen LogP contribution >= 0.6 is 0 Å². The van der Waals surface area contributed by atoms with Crippen LogP contribution in [0.2, 0.25) is 0 Å². The van der Waals surface area contributed by atoms with Gasteiger partial charge in [-0.2, -0.15) is 0 Å². The van der Waals surface area contributed by atoms with Crippen molar-refractivity contribution in [1.82, 2.24) is 0 Å². The predicted molar refractivity (Wildman–Crippen MR) is 56.1 cm³/mol. The molecule has 0 saturated heterocycles. The summed E-state index contributed by atoms with van der Waals surface area (Å²) in [5.41, 5.74) is 2.60. The number of ether oxygens (including phenoxy) is 2. The summed E-state index contributed by atoms with van der Waals surface area (Å²) < 4.78 is 10.6. The fourth-order valence-corrected chi connectivity index (χ4v) is 1.80. The smallest absolute Gasteiger partial charge is 0.126 e. The van der Waals surface area contributed by atoms with Crippen LogP contribution < -0.4 is 9.47 Å². The lowest BCUT2D eigenvalue weighted by atomic mass is 9.95.